The van der Waals surface area contributed by atoms with E-state index < -0.39 is 5.97 Å². The van der Waals surface area contributed by atoms with Gasteiger partial charge in [0.25, 0.3) is 0 Å². The van der Waals surface area contributed by atoms with Crippen molar-refractivity contribution in [2.45, 2.75) is 12.8 Å². The lowest BCUT2D eigenvalue weighted by Crippen LogP contribution is -2.11. The van der Waals surface area contributed by atoms with Gasteiger partial charge in [0.1, 0.15) is 12.2 Å². The van der Waals surface area contributed by atoms with Crippen molar-refractivity contribution in [1.82, 2.24) is 0 Å². The third-order valence-electron chi connectivity index (χ3n) is 1.86. The van der Waals surface area contributed by atoms with E-state index in [1.807, 2.05) is 24.3 Å². The molecule has 0 aromatic heterocycles. The summed E-state index contributed by atoms with van der Waals surface area (Å²) >= 11 is 3.31. The molecular weight excluding hydrogens is 260 g/mol. The van der Waals surface area contributed by atoms with Crippen molar-refractivity contribution in [3.05, 3.63) is 34.3 Å². The molecule has 1 rings (SSSR count). The van der Waals surface area contributed by atoms with E-state index in [1.54, 1.807) is 0 Å². The Hall–Kier alpha value is -1.16. The maximum atomic E-state index is 11.4. The molecule has 80 valence electrons. The van der Waals surface area contributed by atoms with Gasteiger partial charge in [-0.1, -0.05) is 28.1 Å². The van der Waals surface area contributed by atoms with Crippen LogP contribution in [0.2, 0.25) is 0 Å². The SMILES string of the molecule is COC(=O)CC(=O)Cc1cccc(Br)c1. The zero-order valence-electron chi connectivity index (χ0n) is 8.33. The van der Waals surface area contributed by atoms with Crippen molar-refractivity contribution in [3.63, 3.8) is 0 Å². The second-order valence-corrected chi connectivity index (χ2v) is 4.01. The first kappa shape index (κ1) is 11.9. The molecule has 0 heterocycles. The molecule has 1 aromatic carbocycles. The van der Waals surface area contributed by atoms with Crippen LogP contribution in [-0.4, -0.2) is 18.9 Å². The Bertz CT molecular complexity index is 374. The molecule has 0 bridgehead atoms. The summed E-state index contributed by atoms with van der Waals surface area (Å²) in [5.74, 6) is -0.630. The molecule has 0 atom stereocenters. The van der Waals surface area contributed by atoms with Crippen molar-refractivity contribution in [1.29, 1.82) is 0 Å². The summed E-state index contributed by atoms with van der Waals surface area (Å²) in [4.78, 5) is 22.2. The molecule has 4 heteroatoms. The number of carbonyl (C=O) groups excluding carboxylic acids is 2. The van der Waals surface area contributed by atoms with Crippen molar-refractivity contribution < 1.29 is 14.3 Å². The molecule has 15 heavy (non-hydrogen) atoms. The lowest BCUT2D eigenvalue weighted by molar-refractivity contribution is -0.143. The molecule has 0 saturated heterocycles. The van der Waals surface area contributed by atoms with Crippen molar-refractivity contribution in [2.75, 3.05) is 7.11 Å². The zero-order valence-corrected chi connectivity index (χ0v) is 9.91. The fourth-order valence-corrected chi connectivity index (χ4v) is 1.62. The fraction of sp³-hybridized carbons (Fsp3) is 0.273. The van der Waals surface area contributed by atoms with Crippen LogP contribution in [0.5, 0.6) is 0 Å². The van der Waals surface area contributed by atoms with Crippen LogP contribution in [0.25, 0.3) is 0 Å². The Balaban J connectivity index is 2.55. The average molecular weight is 271 g/mol. The lowest BCUT2D eigenvalue weighted by Gasteiger charge is -2.01. The van der Waals surface area contributed by atoms with Crippen LogP contribution in [0.4, 0.5) is 0 Å². The highest BCUT2D eigenvalue weighted by Crippen LogP contribution is 2.12. The van der Waals surface area contributed by atoms with Gasteiger partial charge in [-0.2, -0.15) is 0 Å². The van der Waals surface area contributed by atoms with Crippen LogP contribution in [0.1, 0.15) is 12.0 Å². The topological polar surface area (TPSA) is 43.4 Å². The number of benzene rings is 1. The average Bonchev–Trinajstić information content (AvgIpc) is 2.17. The van der Waals surface area contributed by atoms with Gasteiger partial charge in [0, 0.05) is 10.9 Å². The predicted octanol–water partition coefficient (Wildman–Crippen LogP) is 2.12. The number of ketones is 1. The lowest BCUT2D eigenvalue weighted by atomic mass is 10.1. The maximum absolute atomic E-state index is 11.4. The molecule has 3 nitrogen and oxygen atoms in total. The molecule has 0 fully saturated rings. The highest BCUT2D eigenvalue weighted by atomic mass is 79.9. The maximum Gasteiger partial charge on any atom is 0.313 e. The van der Waals surface area contributed by atoms with Crippen LogP contribution in [0.15, 0.2) is 28.7 Å². The summed E-state index contributed by atoms with van der Waals surface area (Å²) < 4.78 is 5.34. The Morgan fingerprint density at radius 3 is 2.73 bits per heavy atom. The molecule has 0 radical (unpaired) electrons. The Kier molecular flexibility index (Phi) is 4.49. The molecule has 0 N–H and O–H groups in total. The molecule has 0 aliphatic rings. The number of hydrogen-bond acceptors (Lipinski definition) is 3. The standard InChI is InChI=1S/C11H11BrO3/c1-15-11(14)7-10(13)6-8-3-2-4-9(12)5-8/h2-5H,6-7H2,1H3. The monoisotopic (exact) mass is 270 g/mol. The highest BCUT2D eigenvalue weighted by molar-refractivity contribution is 9.10. The third-order valence-corrected chi connectivity index (χ3v) is 2.35. The zero-order chi connectivity index (χ0) is 11.3. The number of rotatable bonds is 4. The van der Waals surface area contributed by atoms with Gasteiger partial charge in [-0.3, -0.25) is 9.59 Å². The largest absolute Gasteiger partial charge is 0.469 e. The van der Waals surface area contributed by atoms with Crippen LogP contribution < -0.4 is 0 Å². The number of hydrogen-bond donors (Lipinski definition) is 0. The molecule has 0 aliphatic heterocycles. The van der Waals surface area contributed by atoms with Crippen LogP contribution >= 0.6 is 15.9 Å². The third kappa shape index (κ3) is 4.25. The second-order valence-electron chi connectivity index (χ2n) is 3.10. The first-order chi connectivity index (χ1) is 7.11. The van der Waals surface area contributed by atoms with E-state index >= 15 is 0 Å². The van der Waals surface area contributed by atoms with E-state index in [1.165, 1.54) is 7.11 Å². The van der Waals surface area contributed by atoms with E-state index in [0.29, 0.717) is 0 Å². The highest BCUT2D eigenvalue weighted by Gasteiger charge is 2.10. The van der Waals surface area contributed by atoms with Crippen molar-refractivity contribution in [3.8, 4) is 0 Å². The van der Waals surface area contributed by atoms with E-state index in [0.717, 1.165) is 10.0 Å². The summed E-state index contributed by atoms with van der Waals surface area (Å²) in [5, 5.41) is 0. The van der Waals surface area contributed by atoms with Gasteiger partial charge in [-0.25, -0.2) is 0 Å². The van der Waals surface area contributed by atoms with Crippen molar-refractivity contribution in [2.24, 2.45) is 0 Å². The summed E-state index contributed by atoms with van der Waals surface area (Å²) in [6.45, 7) is 0. The van der Waals surface area contributed by atoms with Gasteiger partial charge in [0.2, 0.25) is 0 Å². The summed E-state index contributed by atoms with van der Waals surface area (Å²) in [5.41, 5.74) is 0.887. The van der Waals surface area contributed by atoms with E-state index in [4.69, 9.17) is 0 Å². The predicted molar refractivity (Wildman–Crippen MR) is 59.5 cm³/mol. The van der Waals surface area contributed by atoms with E-state index in [2.05, 4.69) is 20.7 Å². The quantitative estimate of drug-likeness (QED) is 0.622. The molecule has 0 amide bonds. The number of halogens is 1. The fourth-order valence-electron chi connectivity index (χ4n) is 1.17. The minimum Gasteiger partial charge on any atom is -0.469 e. The van der Waals surface area contributed by atoms with Gasteiger partial charge in [0.05, 0.1) is 7.11 Å². The first-order valence-corrected chi connectivity index (χ1v) is 5.24. The number of carbonyl (C=O) groups is 2. The first-order valence-electron chi connectivity index (χ1n) is 4.45. The molecule has 0 unspecified atom stereocenters. The summed E-state index contributed by atoms with van der Waals surface area (Å²) in [6, 6.07) is 7.44. The molecule has 0 aliphatic carbocycles. The molecule has 0 saturated carbocycles. The molecule has 0 spiro atoms. The number of Topliss-reactive ketones (excluding diaryl/α,β-unsaturated/α-hetero) is 1. The number of esters is 1. The summed E-state index contributed by atoms with van der Waals surface area (Å²) in [6.07, 6.45) is 0.0948. The van der Waals surface area contributed by atoms with Gasteiger partial charge < -0.3 is 4.74 Å². The molecular formula is C11H11BrO3. The Morgan fingerprint density at radius 1 is 1.40 bits per heavy atom. The molecule has 1 aromatic rings. The Morgan fingerprint density at radius 2 is 2.13 bits per heavy atom. The van der Waals surface area contributed by atoms with Crippen LogP contribution in [0, 0.1) is 0 Å². The minimum atomic E-state index is -0.491. The Labute approximate surface area is 96.6 Å². The summed E-state index contributed by atoms with van der Waals surface area (Å²) in [7, 11) is 1.27. The van der Waals surface area contributed by atoms with Crippen molar-refractivity contribution >= 4 is 27.7 Å². The normalized spacial score (nSPS) is 9.73. The number of ether oxygens (including phenoxy) is 1. The van der Waals surface area contributed by atoms with Crippen LogP contribution in [0.3, 0.4) is 0 Å². The van der Waals surface area contributed by atoms with Gasteiger partial charge >= 0.3 is 5.97 Å². The smallest absolute Gasteiger partial charge is 0.313 e. The van der Waals surface area contributed by atoms with E-state index in [9.17, 15) is 9.59 Å². The van der Waals surface area contributed by atoms with E-state index in [-0.39, 0.29) is 18.6 Å². The second kappa shape index (κ2) is 5.66. The van der Waals surface area contributed by atoms with Gasteiger partial charge in [-0.15, -0.1) is 0 Å². The number of methoxy groups -OCH3 is 1. The van der Waals surface area contributed by atoms with Crippen LogP contribution in [-0.2, 0) is 20.7 Å². The minimum absolute atomic E-state index is 0.139. The van der Waals surface area contributed by atoms with Gasteiger partial charge in [-0.05, 0) is 17.7 Å². The van der Waals surface area contributed by atoms with Gasteiger partial charge in [0.15, 0.2) is 0 Å².